The van der Waals surface area contributed by atoms with Crippen LogP contribution in [-0.4, -0.2) is 7.11 Å². The average Bonchev–Trinajstić information content (AvgIpc) is 2.81. The Balaban J connectivity index is 1.82. The van der Waals surface area contributed by atoms with Gasteiger partial charge in [-0.25, -0.2) is 4.39 Å². The Kier molecular flexibility index (Phi) is 3.11. The van der Waals surface area contributed by atoms with E-state index in [-0.39, 0.29) is 11.9 Å². The van der Waals surface area contributed by atoms with Gasteiger partial charge in [0.25, 0.3) is 0 Å². The van der Waals surface area contributed by atoms with Crippen molar-refractivity contribution in [1.29, 1.82) is 0 Å². The third-order valence-electron chi connectivity index (χ3n) is 3.59. The molecule has 1 N–H and O–H groups in total. The van der Waals surface area contributed by atoms with Crippen molar-refractivity contribution in [1.82, 2.24) is 0 Å². The lowest BCUT2D eigenvalue weighted by atomic mass is 10.1. The second-order valence-electron chi connectivity index (χ2n) is 4.81. The Morgan fingerprint density at radius 1 is 1.21 bits per heavy atom. The minimum absolute atomic E-state index is 0.152. The Hall–Kier alpha value is -2.03. The Morgan fingerprint density at radius 2 is 2.11 bits per heavy atom. The molecule has 98 valence electrons. The van der Waals surface area contributed by atoms with Crippen molar-refractivity contribution >= 4 is 5.69 Å². The molecule has 1 unspecified atom stereocenters. The number of halogens is 1. The van der Waals surface area contributed by atoms with Crippen LogP contribution in [0.5, 0.6) is 5.75 Å². The van der Waals surface area contributed by atoms with Gasteiger partial charge in [-0.1, -0.05) is 12.1 Å². The van der Waals surface area contributed by atoms with Crippen LogP contribution in [0.4, 0.5) is 10.1 Å². The van der Waals surface area contributed by atoms with Crippen molar-refractivity contribution in [3.05, 3.63) is 59.4 Å². The number of hydrogen-bond acceptors (Lipinski definition) is 2. The maximum atomic E-state index is 13.2. The average molecular weight is 257 g/mol. The monoisotopic (exact) mass is 257 g/mol. The summed E-state index contributed by atoms with van der Waals surface area (Å²) in [7, 11) is 1.66. The highest BCUT2D eigenvalue weighted by Gasteiger charge is 2.22. The zero-order valence-electron chi connectivity index (χ0n) is 10.8. The van der Waals surface area contributed by atoms with Gasteiger partial charge >= 0.3 is 0 Å². The summed E-state index contributed by atoms with van der Waals surface area (Å²) >= 11 is 0. The first-order valence-corrected chi connectivity index (χ1v) is 6.45. The second-order valence-corrected chi connectivity index (χ2v) is 4.81. The predicted octanol–water partition coefficient (Wildman–Crippen LogP) is 3.93. The molecule has 2 aromatic rings. The SMILES string of the molecule is COc1cccc(NC2CCc3cc(F)ccc32)c1. The first kappa shape index (κ1) is 12.0. The van der Waals surface area contributed by atoms with Crippen molar-refractivity contribution in [2.45, 2.75) is 18.9 Å². The lowest BCUT2D eigenvalue weighted by molar-refractivity contribution is 0.415. The largest absolute Gasteiger partial charge is 0.497 e. The number of anilines is 1. The van der Waals surface area contributed by atoms with E-state index in [2.05, 4.69) is 5.32 Å². The summed E-state index contributed by atoms with van der Waals surface area (Å²) in [4.78, 5) is 0. The molecule has 2 nitrogen and oxygen atoms in total. The molecule has 0 heterocycles. The van der Waals surface area contributed by atoms with Crippen LogP contribution in [0.3, 0.4) is 0 Å². The maximum Gasteiger partial charge on any atom is 0.123 e. The maximum absolute atomic E-state index is 13.2. The van der Waals surface area contributed by atoms with Crippen molar-refractivity contribution in [3.63, 3.8) is 0 Å². The molecule has 3 heteroatoms. The van der Waals surface area contributed by atoms with E-state index in [1.807, 2.05) is 30.3 Å². The van der Waals surface area contributed by atoms with E-state index in [0.29, 0.717) is 0 Å². The van der Waals surface area contributed by atoms with Crippen LogP contribution in [0.25, 0.3) is 0 Å². The predicted molar refractivity (Wildman–Crippen MR) is 74.1 cm³/mol. The van der Waals surface area contributed by atoms with Crippen LogP contribution in [0.15, 0.2) is 42.5 Å². The first-order chi connectivity index (χ1) is 9.26. The first-order valence-electron chi connectivity index (χ1n) is 6.45. The molecule has 0 spiro atoms. The Morgan fingerprint density at radius 3 is 2.95 bits per heavy atom. The lowest BCUT2D eigenvalue weighted by Gasteiger charge is -2.16. The van der Waals surface area contributed by atoms with Crippen LogP contribution in [0.1, 0.15) is 23.6 Å². The van der Waals surface area contributed by atoms with Crippen molar-refractivity contribution in [2.75, 3.05) is 12.4 Å². The molecule has 0 fully saturated rings. The minimum Gasteiger partial charge on any atom is -0.497 e. The van der Waals surface area contributed by atoms with Gasteiger partial charge in [0.2, 0.25) is 0 Å². The van der Waals surface area contributed by atoms with Gasteiger partial charge in [-0.05, 0) is 48.2 Å². The zero-order valence-corrected chi connectivity index (χ0v) is 10.8. The van der Waals surface area contributed by atoms with Gasteiger partial charge < -0.3 is 10.1 Å². The number of fused-ring (bicyclic) bond motifs is 1. The van der Waals surface area contributed by atoms with Crippen molar-refractivity contribution in [3.8, 4) is 5.75 Å². The molecule has 0 amide bonds. The summed E-state index contributed by atoms with van der Waals surface area (Å²) in [6.07, 6.45) is 1.92. The molecule has 0 saturated carbocycles. The third-order valence-corrected chi connectivity index (χ3v) is 3.59. The van der Waals surface area contributed by atoms with E-state index in [1.54, 1.807) is 13.2 Å². The lowest BCUT2D eigenvalue weighted by Crippen LogP contribution is -2.07. The van der Waals surface area contributed by atoms with Crippen molar-refractivity contribution in [2.24, 2.45) is 0 Å². The molecule has 1 aliphatic rings. The molecule has 1 aliphatic carbocycles. The van der Waals surface area contributed by atoms with Gasteiger partial charge in [-0.3, -0.25) is 0 Å². The van der Waals surface area contributed by atoms with E-state index < -0.39 is 0 Å². The van der Waals surface area contributed by atoms with Crippen LogP contribution >= 0.6 is 0 Å². The molecule has 1 atom stereocenters. The quantitative estimate of drug-likeness (QED) is 0.899. The fraction of sp³-hybridized carbons (Fsp3) is 0.250. The highest BCUT2D eigenvalue weighted by atomic mass is 19.1. The van der Waals surface area contributed by atoms with Crippen molar-refractivity contribution < 1.29 is 9.13 Å². The molecule has 2 aromatic carbocycles. The molecule has 3 rings (SSSR count). The molecular weight excluding hydrogens is 241 g/mol. The fourth-order valence-electron chi connectivity index (χ4n) is 2.65. The molecule has 0 aromatic heterocycles. The van der Waals surface area contributed by atoms with Gasteiger partial charge in [0, 0.05) is 11.8 Å². The van der Waals surface area contributed by atoms with E-state index in [9.17, 15) is 4.39 Å². The van der Waals surface area contributed by atoms with Crippen LogP contribution in [0.2, 0.25) is 0 Å². The van der Waals surface area contributed by atoms with E-state index >= 15 is 0 Å². The molecule has 0 radical (unpaired) electrons. The van der Waals surface area contributed by atoms with Crippen LogP contribution in [-0.2, 0) is 6.42 Å². The zero-order chi connectivity index (χ0) is 13.2. The number of benzene rings is 2. The minimum atomic E-state index is -0.152. The summed E-state index contributed by atoms with van der Waals surface area (Å²) in [6.45, 7) is 0. The number of aryl methyl sites for hydroxylation is 1. The highest BCUT2D eigenvalue weighted by Crippen LogP contribution is 2.34. The summed E-state index contributed by atoms with van der Waals surface area (Å²) in [5.41, 5.74) is 3.34. The topological polar surface area (TPSA) is 21.3 Å². The van der Waals surface area contributed by atoms with E-state index in [1.165, 1.54) is 11.6 Å². The molecular formula is C16H16FNO. The van der Waals surface area contributed by atoms with Gasteiger partial charge in [-0.2, -0.15) is 0 Å². The molecule has 0 saturated heterocycles. The third kappa shape index (κ3) is 2.41. The van der Waals surface area contributed by atoms with Gasteiger partial charge in [0.15, 0.2) is 0 Å². The molecule has 0 bridgehead atoms. The van der Waals surface area contributed by atoms with Gasteiger partial charge in [-0.15, -0.1) is 0 Å². The molecule has 19 heavy (non-hydrogen) atoms. The standard InChI is InChI=1S/C16H16FNO/c1-19-14-4-2-3-13(10-14)18-16-8-5-11-9-12(17)6-7-15(11)16/h2-4,6-7,9-10,16,18H,5,8H2,1H3. The second kappa shape index (κ2) is 4.92. The number of ether oxygens (including phenoxy) is 1. The van der Waals surface area contributed by atoms with E-state index in [4.69, 9.17) is 4.74 Å². The van der Waals surface area contributed by atoms with Gasteiger partial charge in [0.1, 0.15) is 11.6 Å². The van der Waals surface area contributed by atoms with E-state index in [0.717, 1.165) is 29.8 Å². The molecule has 0 aliphatic heterocycles. The number of methoxy groups -OCH3 is 1. The number of nitrogens with one attached hydrogen (secondary N) is 1. The highest BCUT2D eigenvalue weighted by molar-refractivity contribution is 5.51. The van der Waals surface area contributed by atoms with Crippen LogP contribution in [0, 0.1) is 5.82 Å². The Bertz CT molecular complexity index is 597. The number of hydrogen-bond donors (Lipinski definition) is 1. The summed E-state index contributed by atoms with van der Waals surface area (Å²) in [5.74, 6) is 0.683. The fourth-order valence-corrected chi connectivity index (χ4v) is 2.65. The van der Waals surface area contributed by atoms with Gasteiger partial charge in [0.05, 0.1) is 13.2 Å². The summed E-state index contributed by atoms with van der Waals surface area (Å²) in [5, 5.41) is 3.49. The summed E-state index contributed by atoms with van der Waals surface area (Å²) < 4.78 is 18.4. The smallest absolute Gasteiger partial charge is 0.123 e. The normalized spacial score (nSPS) is 17.1. The Labute approximate surface area is 112 Å². The summed E-state index contributed by atoms with van der Waals surface area (Å²) in [6, 6.07) is 13.2. The number of rotatable bonds is 3. The van der Waals surface area contributed by atoms with Crippen LogP contribution < -0.4 is 10.1 Å².